The molecule has 6 heteroatoms. The first-order chi connectivity index (χ1) is 13.3. The van der Waals surface area contributed by atoms with Crippen LogP contribution in [0.3, 0.4) is 0 Å². The predicted molar refractivity (Wildman–Crippen MR) is 107 cm³/mol. The van der Waals surface area contributed by atoms with Crippen molar-refractivity contribution < 1.29 is 23.5 Å². The Bertz CT molecular complexity index is 720. The minimum Gasteiger partial charge on any atom is -0.497 e. The van der Waals surface area contributed by atoms with Gasteiger partial charge >= 0.3 is 0 Å². The molecule has 2 aromatic rings. The normalized spacial score (nSPS) is 12.6. The molecule has 0 saturated heterocycles. The maximum atomic E-state index is 11.9. The molecule has 0 spiro atoms. The van der Waals surface area contributed by atoms with Crippen LogP contribution < -0.4 is 10.2 Å². The Morgan fingerprint density at radius 2 is 1.75 bits per heavy atom. The summed E-state index contributed by atoms with van der Waals surface area (Å²) in [5.41, 5.74) is 5.17. The summed E-state index contributed by atoms with van der Waals surface area (Å²) in [5.74, 6) is -1.79. The molecule has 0 bridgehead atoms. The summed E-state index contributed by atoms with van der Waals surface area (Å²) in [7, 11) is 1.70. The molecule has 28 heavy (non-hydrogen) atoms. The lowest BCUT2D eigenvalue weighted by atomic mass is 9.96. The first kappa shape index (κ1) is 23.6. The summed E-state index contributed by atoms with van der Waals surface area (Å²) >= 11 is 0. The number of halogens is 2. The molecule has 0 heterocycles. The van der Waals surface area contributed by atoms with E-state index in [-0.39, 0.29) is 0 Å². The molecule has 0 aliphatic carbocycles. The van der Waals surface area contributed by atoms with E-state index in [0.29, 0.717) is 0 Å². The number of benzene rings is 2. The van der Waals surface area contributed by atoms with Crippen LogP contribution in [0.5, 0.6) is 5.75 Å². The van der Waals surface area contributed by atoms with Gasteiger partial charge in [0.1, 0.15) is 5.75 Å². The molecule has 1 amide bonds. The van der Waals surface area contributed by atoms with Gasteiger partial charge in [-0.05, 0) is 35.2 Å². The molecule has 0 saturated carbocycles. The predicted octanol–water partition coefficient (Wildman–Crippen LogP) is 5.34. The van der Waals surface area contributed by atoms with Gasteiger partial charge in [-0.15, -0.1) is 0 Å². The van der Waals surface area contributed by atoms with Crippen molar-refractivity contribution in [2.24, 2.45) is 11.8 Å². The van der Waals surface area contributed by atoms with Gasteiger partial charge in [0.15, 0.2) is 0 Å². The lowest BCUT2D eigenvalue weighted by molar-refractivity contribution is -0.136. The molecule has 2 N–H and O–H groups in total. The van der Waals surface area contributed by atoms with Gasteiger partial charge in [0, 0.05) is 11.8 Å². The number of alkyl halides is 2. The Kier molecular flexibility index (Phi) is 10.2. The van der Waals surface area contributed by atoms with Crippen molar-refractivity contribution in [3.05, 3.63) is 54.1 Å². The lowest BCUT2D eigenvalue weighted by Gasteiger charge is -2.16. The van der Waals surface area contributed by atoms with Crippen LogP contribution in [0.4, 0.5) is 8.78 Å². The van der Waals surface area contributed by atoms with Crippen molar-refractivity contribution in [3.8, 4) is 16.9 Å². The molecule has 2 rings (SSSR count). The molecule has 0 fully saturated rings. The van der Waals surface area contributed by atoms with E-state index in [4.69, 9.17) is 9.94 Å². The second kappa shape index (κ2) is 12.1. The highest BCUT2D eigenvalue weighted by atomic mass is 19.3. The number of hydrogen-bond acceptors (Lipinski definition) is 3. The summed E-state index contributed by atoms with van der Waals surface area (Å²) in [6.07, 6.45) is -0.195. The van der Waals surface area contributed by atoms with Gasteiger partial charge in [0.05, 0.1) is 7.11 Å². The second-order valence-corrected chi connectivity index (χ2v) is 6.64. The first-order valence-electron chi connectivity index (χ1n) is 9.29. The Balaban J connectivity index is 0.000000311. The summed E-state index contributed by atoms with van der Waals surface area (Å²) in [6, 6.07) is 16.9. The molecular formula is C22H29F2NO3. The van der Waals surface area contributed by atoms with Crippen LogP contribution in [0.15, 0.2) is 48.5 Å². The maximum absolute atomic E-state index is 11.9. The van der Waals surface area contributed by atoms with E-state index in [2.05, 4.69) is 43.3 Å². The molecule has 0 radical (unpaired) electrons. The molecule has 2 unspecified atom stereocenters. The van der Waals surface area contributed by atoms with Crippen molar-refractivity contribution in [2.75, 3.05) is 7.11 Å². The fourth-order valence-electron chi connectivity index (χ4n) is 2.51. The Labute approximate surface area is 165 Å². The highest BCUT2D eigenvalue weighted by Crippen LogP contribution is 2.24. The van der Waals surface area contributed by atoms with Gasteiger partial charge in [0.2, 0.25) is 12.3 Å². The third kappa shape index (κ3) is 7.27. The third-order valence-corrected chi connectivity index (χ3v) is 4.61. The van der Waals surface area contributed by atoms with Crippen LogP contribution in [0.1, 0.15) is 32.8 Å². The highest BCUT2D eigenvalue weighted by molar-refractivity contribution is 5.77. The average Bonchev–Trinajstić information content (AvgIpc) is 2.73. The fraction of sp³-hybridized carbons (Fsp3) is 0.409. The molecule has 4 nitrogen and oxygen atoms in total. The summed E-state index contributed by atoms with van der Waals surface area (Å²) in [4.78, 5) is 10.6. The van der Waals surface area contributed by atoms with E-state index in [1.807, 2.05) is 12.1 Å². The number of carbonyl (C=O) groups excluding carboxylic acids is 1. The minimum atomic E-state index is -2.54. The highest BCUT2D eigenvalue weighted by Gasteiger charge is 2.26. The zero-order valence-electron chi connectivity index (χ0n) is 16.8. The van der Waals surface area contributed by atoms with E-state index >= 15 is 0 Å². The van der Waals surface area contributed by atoms with Gasteiger partial charge in [0.25, 0.3) is 0 Å². The van der Waals surface area contributed by atoms with Gasteiger partial charge < -0.3 is 4.74 Å². The number of carbonyl (C=O) groups is 1. The monoisotopic (exact) mass is 393 g/mol. The molecule has 154 valence electrons. The standard InChI is InChI=1S/C16H18O.C6H11F2NO2/c1-3-5-13-8-10-14(11-9-13)15-6-4-7-16(12-15)17-2;1-3(5(7)8)4(2)6(10)9-11/h4,6-12H,3,5H2,1-2H3;3-5,11H,1-2H3,(H,9,10). The Morgan fingerprint density at radius 1 is 1.11 bits per heavy atom. The molecule has 0 aliphatic rings. The molecule has 0 aromatic heterocycles. The second-order valence-electron chi connectivity index (χ2n) is 6.64. The number of rotatable bonds is 7. The van der Waals surface area contributed by atoms with Crippen molar-refractivity contribution >= 4 is 5.91 Å². The quantitative estimate of drug-likeness (QED) is 0.493. The largest absolute Gasteiger partial charge is 0.497 e. The van der Waals surface area contributed by atoms with Crippen LogP contribution in [0.25, 0.3) is 11.1 Å². The lowest BCUT2D eigenvalue weighted by Crippen LogP contribution is -2.32. The number of hydroxylamine groups is 1. The van der Waals surface area contributed by atoms with E-state index in [1.54, 1.807) is 7.11 Å². The average molecular weight is 393 g/mol. The molecular weight excluding hydrogens is 364 g/mol. The van der Waals surface area contributed by atoms with Crippen LogP contribution >= 0.6 is 0 Å². The fourth-order valence-corrected chi connectivity index (χ4v) is 2.51. The van der Waals surface area contributed by atoms with Crippen molar-refractivity contribution in [1.82, 2.24) is 5.48 Å². The van der Waals surface area contributed by atoms with Crippen molar-refractivity contribution in [2.45, 2.75) is 40.0 Å². The van der Waals surface area contributed by atoms with E-state index in [0.717, 1.165) is 12.2 Å². The van der Waals surface area contributed by atoms with Crippen LogP contribution in [0.2, 0.25) is 0 Å². The van der Waals surface area contributed by atoms with Gasteiger partial charge in [-0.1, -0.05) is 63.6 Å². The van der Waals surface area contributed by atoms with Gasteiger partial charge in [-0.2, -0.15) is 0 Å². The number of nitrogens with one attached hydrogen (secondary N) is 1. The van der Waals surface area contributed by atoms with Crippen LogP contribution in [-0.2, 0) is 11.2 Å². The van der Waals surface area contributed by atoms with Gasteiger partial charge in [-0.25, -0.2) is 14.3 Å². The Hall–Kier alpha value is -2.47. The van der Waals surface area contributed by atoms with E-state index in [9.17, 15) is 13.6 Å². The molecule has 0 aliphatic heterocycles. The third-order valence-electron chi connectivity index (χ3n) is 4.61. The van der Waals surface area contributed by atoms with Crippen molar-refractivity contribution in [3.63, 3.8) is 0 Å². The number of aryl methyl sites for hydroxylation is 1. The smallest absolute Gasteiger partial charge is 0.246 e. The summed E-state index contributed by atoms with van der Waals surface area (Å²) < 4.78 is 29.1. The zero-order valence-corrected chi connectivity index (χ0v) is 16.8. The summed E-state index contributed by atoms with van der Waals surface area (Å²) in [5, 5.41) is 8.09. The molecule has 2 aromatic carbocycles. The topological polar surface area (TPSA) is 58.6 Å². The van der Waals surface area contributed by atoms with Crippen LogP contribution in [0, 0.1) is 11.8 Å². The maximum Gasteiger partial charge on any atom is 0.246 e. The first-order valence-corrected chi connectivity index (χ1v) is 9.29. The molecule has 2 atom stereocenters. The van der Waals surface area contributed by atoms with Gasteiger partial charge in [-0.3, -0.25) is 10.0 Å². The Morgan fingerprint density at radius 3 is 2.25 bits per heavy atom. The zero-order chi connectivity index (χ0) is 21.1. The number of methoxy groups -OCH3 is 1. The van der Waals surface area contributed by atoms with Crippen molar-refractivity contribution in [1.29, 1.82) is 0 Å². The number of ether oxygens (including phenoxy) is 1. The van der Waals surface area contributed by atoms with E-state index < -0.39 is 24.2 Å². The number of hydrogen-bond donors (Lipinski definition) is 2. The van der Waals surface area contributed by atoms with E-state index in [1.165, 1.54) is 42.4 Å². The SMILES string of the molecule is CC(C(=O)NO)C(C)C(F)F.CCCc1ccc(-c2cccc(OC)c2)cc1. The summed E-state index contributed by atoms with van der Waals surface area (Å²) in [6.45, 7) is 4.79. The minimum absolute atomic E-state index is 0.780. The number of amides is 1. The van der Waals surface area contributed by atoms with Crippen LogP contribution in [-0.4, -0.2) is 24.6 Å².